The first-order valence-electron chi connectivity index (χ1n) is 31.5. The third kappa shape index (κ3) is 34.6. The zero-order chi connectivity index (χ0) is 72.4. The summed E-state index contributed by atoms with van der Waals surface area (Å²) in [6.45, 7) is 1.18. The molecule has 0 saturated heterocycles. The number of nitrogens with one attached hydrogen (secondary N) is 13. The molecule has 10 atom stereocenters. The Morgan fingerprint density at radius 1 is 0.412 bits per heavy atom. The van der Waals surface area contributed by atoms with Crippen molar-refractivity contribution in [3.8, 4) is 0 Å². The fourth-order valence-electron chi connectivity index (χ4n) is 8.89. The number of aliphatic hydroxyl groups is 2. The number of guanidine groups is 2. The van der Waals surface area contributed by atoms with Crippen LogP contribution in [0.1, 0.15) is 90.5 Å². The second-order valence-corrected chi connectivity index (χ2v) is 22.4. The van der Waals surface area contributed by atoms with Crippen LogP contribution < -0.4 is 109 Å². The molecule has 0 heterocycles. The Morgan fingerprint density at radius 3 is 1.30 bits per heavy atom. The summed E-state index contributed by atoms with van der Waals surface area (Å²) in [7, 11) is 0. The SMILES string of the molecule is C[C@H](NC(=O)CNC(=O)[C@H](NC(=O)[C@H](Cc1ccccc1)NC(=O)CNC(=O)CNC(=O)CNc1ccccc1)[C@@H](C)O)C(=O)N[C@@H](CCCN=C(N)N)C(=O)N[C@@H](CCCCN)C(=O)N[C@@H](CO)C(=O)N[C@@H](C)C(=O)N[C@@H](CCCN=C(N)N)C(=O)N[C@@H](CCCCN)C(N)=O. The summed E-state index contributed by atoms with van der Waals surface area (Å²) < 4.78 is 0. The van der Waals surface area contributed by atoms with Crippen molar-refractivity contribution in [2.45, 2.75) is 152 Å². The molecule has 29 N–H and O–H groups in total. The van der Waals surface area contributed by atoms with E-state index in [1.54, 1.807) is 60.7 Å². The van der Waals surface area contributed by atoms with Crippen molar-refractivity contribution in [3.63, 3.8) is 0 Å². The van der Waals surface area contributed by atoms with E-state index in [2.05, 4.69) is 79.1 Å². The molecule has 0 aliphatic rings. The smallest absolute Gasteiger partial charge is 0.245 e. The standard InChI is InChI=1S/C60H98N22O15/c1-34(74-47(87)32-73-58(97)49(36(3)84)82-56(95)43(28-37-16-6-4-7-17-37)76-48(88)31-72-46(86)30-71-45(85)29-70-38-18-8-5-9-19-38)51(90)78-42(23-15-27-69-60(66)67)54(93)80-40(21-11-13-25-62)55(94)81-44(33-83)57(96)75-35(2)52(91)79-41(22-14-26-68-59(64)65)53(92)77-39(50(63)89)20-10-12-24-61/h4-9,16-19,34-36,39-44,49,70,83-84H,10-15,20-33,61-62H2,1-3H3,(H2,63,89)(H,71,85)(H,72,86)(H,73,97)(H,74,87)(H,75,96)(H,76,88)(H,77,92)(H,78,90)(H,79,91)(H,80,93)(H,81,94)(H,82,95)(H4,64,65,68)(H4,66,67,69)/t34-,35-,36+,39-,40-,41-,42-,43-,44-,49+/m0/s1. The fourth-order valence-corrected chi connectivity index (χ4v) is 8.89. The summed E-state index contributed by atoms with van der Waals surface area (Å²) in [6, 6.07) is 4.32. The molecular formula is C60H98N22O15. The van der Waals surface area contributed by atoms with Crippen molar-refractivity contribution in [1.29, 1.82) is 0 Å². The third-order valence-electron chi connectivity index (χ3n) is 14.2. The van der Waals surface area contributed by atoms with Gasteiger partial charge in [-0.15, -0.1) is 0 Å². The highest BCUT2D eigenvalue weighted by atomic mass is 16.3. The predicted octanol–water partition coefficient (Wildman–Crippen LogP) is -8.68. The van der Waals surface area contributed by atoms with E-state index in [-0.39, 0.29) is 89.5 Å². The molecule has 13 amide bonds. The molecule has 97 heavy (non-hydrogen) atoms. The van der Waals surface area contributed by atoms with Gasteiger partial charge in [0.05, 0.1) is 38.9 Å². The van der Waals surface area contributed by atoms with E-state index in [1.165, 1.54) is 20.8 Å². The number of primary amides is 1. The summed E-state index contributed by atoms with van der Waals surface area (Å²) in [5, 5.41) is 53.0. The first-order chi connectivity index (χ1) is 46.1. The Morgan fingerprint density at radius 2 is 0.814 bits per heavy atom. The molecule has 0 aliphatic heterocycles. The number of unbranched alkanes of at least 4 members (excludes halogenated alkanes) is 2. The molecule has 2 aromatic rings. The highest BCUT2D eigenvalue weighted by Gasteiger charge is 2.34. The quantitative estimate of drug-likeness (QED) is 0.0166. The Bertz CT molecular complexity index is 2960. The molecular weight excluding hydrogens is 1270 g/mol. The molecule has 0 unspecified atom stereocenters. The topological polar surface area (TPSA) is 626 Å². The average molecular weight is 1370 g/mol. The minimum Gasteiger partial charge on any atom is -0.394 e. The van der Waals surface area contributed by atoms with Crippen molar-refractivity contribution in [2.24, 2.45) is 50.1 Å². The van der Waals surface area contributed by atoms with E-state index in [0.717, 1.165) is 0 Å². The van der Waals surface area contributed by atoms with Crippen LogP contribution in [0.15, 0.2) is 70.6 Å². The normalized spacial score (nSPS) is 13.8. The average Bonchev–Trinajstić information content (AvgIpc) is 0.893. The predicted molar refractivity (Wildman–Crippen MR) is 356 cm³/mol. The summed E-state index contributed by atoms with van der Waals surface area (Å²) >= 11 is 0. The Labute approximate surface area is 561 Å². The Balaban J connectivity index is 2.17. The number of para-hydroxylation sites is 1. The second-order valence-electron chi connectivity index (χ2n) is 22.4. The van der Waals surface area contributed by atoms with E-state index in [0.29, 0.717) is 37.1 Å². The zero-order valence-corrected chi connectivity index (χ0v) is 54.8. The number of hydrogen-bond acceptors (Lipinski definition) is 20. The molecule has 2 rings (SSSR count). The number of aliphatic imine (C=N–C) groups is 2. The van der Waals surface area contributed by atoms with Crippen LogP contribution in [-0.4, -0.2) is 218 Å². The van der Waals surface area contributed by atoms with Gasteiger partial charge in [-0.3, -0.25) is 72.3 Å². The van der Waals surface area contributed by atoms with Crippen LogP contribution in [0.2, 0.25) is 0 Å². The molecule has 37 heteroatoms. The van der Waals surface area contributed by atoms with Crippen molar-refractivity contribution in [3.05, 3.63) is 66.2 Å². The number of benzene rings is 2. The van der Waals surface area contributed by atoms with E-state index >= 15 is 0 Å². The van der Waals surface area contributed by atoms with Gasteiger partial charge in [-0.05, 0) is 116 Å². The molecule has 538 valence electrons. The van der Waals surface area contributed by atoms with Crippen LogP contribution in [0.4, 0.5) is 5.69 Å². The number of nitrogens with zero attached hydrogens (tertiary/aromatic N) is 2. The highest BCUT2D eigenvalue weighted by molar-refractivity contribution is 5.99. The second kappa shape index (κ2) is 46.0. The van der Waals surface area contributed by atoms with Crippen LogP contribution >= 0.6 is 0 Å². The largest absolute Gasteiger partial charge is 0.394 e. The Kier molecular flexibility index (Phi) is 39.2. The lowest BCUT2D eigenvalue weighted by molar-refractivity contribution is -0.136. The van der Waals surface area contributed by atoms with Gasteiger partial charge in [0, 0.05) is 25.2 Å². The molecule has 0 spiro atoms. The summed E-state index contributed by atoms with van der Waals surface area (Å²) in [4.78, 5) is 181. The molecule has 0 aliphatic carbocycles. The fraction of sp³-hybridized carbons (Fsp3) is 0.550. The van der Waals surface area contributed by atoms with Gasteiger partial charge in [-0.25, -0.2) is 0 Å². The lowest BCUT2D eigenvalue weighted by Gasteiger charge is -2.26. The molecule has 0 radical (unpaired) electrons. The van der Waals surface area contributed by atoms with E-state index in [1.807, 2.05) is 0 Å². The first kappa shape index (κ1) is 82.8. The number of carbonyl (C=O) groups is 13. The molecule has 0 saturated carbocycles. The van der Waals surface area contributed by atoms with Crippen molar-refractivity contribution < 1.29 is 72.5 Å². The van der Waals surface area contributed by atoms with Crippen LogP contribution in [0, 0.1) is 0 Å². The van der Waals surface area contributed by atoms with Crippen LogP contribution in [0.25, 0.3) is 0 Å². The minimum absolute atomic E-state index is 0.0230. The highest BCUT2D eigenvalue weighted by Crippen LogP contribution is 2.10. The minimum atomic E-state index is -1.73. The van der Waals surface area contributed by atoms with Gasteiger partial charge in [0.1, 0.15) is 54.4 Å². The number of anilines is 1. The van der Waals surface area contributed by atoms with Crippen molar-refractivity contribution >= 4 is 94.4 Å². The maximum absolute atomic E-state index is 14.1. The van der Waals surface area contributed by atoms with E-state index in [4.69, 9.17) is 40.1 Å². The van der Waals surface area contributed by atoms with Gasteiger partial charge < -0.3 is 119 Å². The van der Waals surface area contributed by atoms with Crippen LogP contribution in [0.3, 0.4) is 0 Å². The lowest BCUT2D eigenvalue weighted by atomic mass is 10.0. The molecule has 2 aromatic carbocycles. The van der Waals surface area contributed by atoms with Crippen LogP contribution in [0.5, 0.6) is 0 Å². The lowest BCUT2D eigenvalue weighted by Crippen LogP contribution is -2.60. The van der Waals surface area contributed by atoms with Gasteiger partial charge in [-0.2, -0.15) is 0 Å². The van der Waals surface area contributed by atoms with Gasteiger partial charge in [0.2, 0.25) is 76.8 Å². The molecule has 0 fully saturated rings. The molecule has 0 bridgehead atoms. The van der Waals surface area contributed by atoms with Gasteiger partial charge in [0.25, 0.3) is 0 Å². The summed E-state index contributed by atoms with van der Waals surface area (Å²) in [5.41, 5.74) is 39.9. The van der Waals surface area contributed by atoms with E-state index < -0.39 is 164 Å². The zero-order valence-electron chi connectivity index (χ0n) is 54.8. The summed E-state index contributed by atoms with van der Waals surface area (Å²) in [5.74, 6) is -11.9. The van der Waals surface area contributed by atoms with Gasteiger partial charge in [-0.1, -0.05) is 48.5 Å². The molecule has 0 aromatic heterocycles. The summed E-state index contributed by atoms with van der Waals surface area (Å²) in [6.07, 6.45) is 0.0614. The van der Waals surface area contributed by atoms with Gasteiger partial charge >= 0.3 is 0 Å². The molecule has 37 nitrogen and oxygen atoms in total. The monoisotopic (exact) mass is 1370 g/mol. The van der Waals surface area contributed by atoms with Crippen molar-refractivity contribution in [2.75, 3.05) is 64.3 Å². The number of amides is 13. The number of rotatable bonds is 47. The number of hydrogen-bond donors (Lipinski definition) is 22. The maximum Gasteiger partial charge on any atom is 0.245 e. The number of aliphatic hydroxyl groups excluding tert-OH is 2. The van der Waals surface area contributed by atoms with E-state index in [9.17, 15) is 72.5 Å². The maximum atomic E-state index is 14.1. The Hall–Kier alpha value is -10.3. The van der Waals surface area contributed by atoms with Crippen molar-refractivity contribution in [1.82, 2.24) is 63.8 Å². The number of carbonyl (C=O) groups excluding carboxylic acids is 13. The number of nitrogens with two attached hydrogens (primary N) is 7. The van der Waals surface area contributed by atoms with Crippen LogP contribution in [-0.2, 0) is 68.7 Å². The van der Waals surface area contributed by atoms with Gasteiger partial charge in [0.15, 0.2) is 11.9 Å². The first-order valence-corrected chi connectivity index (χ1v) is 31.5. The third-order valence-corrected chi connectivity index (χ3v) is 14.2.